The number of carbonyl (C=O) groups is 3. The number of aromatic nitrogens is 4. The highest BCUT2D eigenvalue weighted by molar-refractivity contribution is 6.45. The van der Waals surface area contributed by atoms with Crippen molar-refractivity contribution in [1.82, 2.24) is 29.5 Å². The van der Waals surface area contributed by atoms with E-state index in [2.05, 4.69) is 15.1 Å². The number of nitrogens with one attached hydrogen (secondary N) is 1. The number of methoxy groups -OCH3 is 1. The van der Waals surface area contributed by atoms with Gasteiger partial charge in [-0.15, -0.1) is 5.10 Å². The number of Topliss-reactive ketones (excluding diaryl/α,β-unsaturated/α-hetero) is 1. The minimum atomic E-state index is -0.669. The number of ether oxygens (including phenoxy) is 2. The Morgan fingerprint density at radius 2 is 1.92 bits per heavy atom. The Hall–Kier alpha value is -4.67. The first-order valence-corrected chi connectivity index (χ1v) is 12.4. The number of hydrogen-bond acceptors (Lipinski definition) is 7. The summed E-state index contributed by atoms with van der Waals surface area (Å²) in [5.41, 5.74) is 1.27. The molecule has 1 fully saturated rings. The highest BCUT2D eigenvalue weighted by Crippen LogP contribution is 2.32. The van der Waals surface area contributed by atoms with Crippen molar-refractivity contribution < 1.29 is 23.9 Å². The van der Waals surface area contributed by atoms with Crippen LogP contribution >= 0.6 is 0 Å². The highest BCUT2D eigenvalue weighted by Gasteiger charge is 2.34. The summed E-state index contributed by atoms with van der Waals surface area (Å²) >= 11 is 0. The van der Waals surface area contributed by atoms with Crippen LogP contribution in [-0.2, 0) is 4.79 Å². The Balaban J connectivity index is 1.39. The highest BCUT2D eigenvalue weighted by atomic mass is 16.5. The number of H-pyrrole nitrogens is 1. The van der Waals surface area contributed by atoms with E-state index in [0.717, 1.165) is 0 Å². The maximum atomic E-state index is 13.5. The first kappa shape index (κ1) is 25.0. The van der Waals surface area contributed by atoms with Crippen LogP contribution in [0.3, 0.4) is 0 Å². The van der Waals surface area contributed by atoms with Gasteiger partial charge in [-0.25, -0.2) is 9.67 Å². The summed E-state index contributed by atoms with van der Waals surface area (Å²) in [5.74, 6) is -0.177. The number of pyridine rings is 1. The zero-order valence-electron chi connectivity index (χ0n) is 21.4. The number of fused-ring (bicyclic) bond motifs is 1. The fraction of sp³-hybridized carbons (Fsp3) is 0.296. The fourth-order valence-corrected chi connectivity index (χ4v) is 4.71. The minimum absolute atomic E-state index is 0.0935. The van der Waals surface area contributed by atoms with E-state index in [0.29, 0.717) is 47.1 Å². The third kappa shape index (κ3) is 4.47. The molecule has 4 aromatic rings. The number of nitrogens with zero attached hydrogens (tertiary/aromatic N) is 5. The maximum absolute atomic E-state index is 13.5. The SMILES string of the molecule is CCOc1ccn(-c2ncc(OC)c3c(C(=O)C(=O)N4CCN(C(=O)c5ccccc5)C(C)C4)c[nH]c23)n1. The van der Waals surface area contributed by atoms with E-state index < -0.39 is 11.7 Å². The van der Waals surface area contributed by atoms with Crippen LogP contribution in [0.15, 0.2) is 55.0 Å². The van der Waals surface area contributed by atoms with Gasteiger partial charge in [-0.1, -0.05) is 18.2 Å². The quantitative estimate of drug-likeness (QED) is 0.296. The van der Waals surface area contributed by atoms with Crippen molar-refractivity contribution in [2.24, 2.45) is 0 Å². The van der Waals surface area contributed by atoms with E-state index >= 15 is 0 Å². The van der Waals surface area contributed by atoms with Gasteiger partial charge in [0.1, 0.15) is 5.75 Å². The van der Waals surface area contributed by atoms with Crippen LogP contribution in [0.25, 0.3) is 16.7 Å². The van der Waals surface area contributed by atoms with Crippen LogP contribution in [0.2, 0.25) is 0 Å². The van der Waals surface area contributed by atoms with Gasteiger partial charge in [0.25, 0.3) is 17.6 Å². The van der Waals surface area contributed by atoms with Crippen molar-refractivity contribution in [2.75, 3.05) is 33.4 Å². The molecule has 0 spiro atoms. The molecular weight excluding hydrogens is 488 g/mol. The van der Waals surface area contributed by atoms with Gasteiger partial charge in [0.05, 0.1) is 36.4 Å². The van der Waals surface area contributed by atoms with Crippen LogP contribution in [0.5, 0.6) is 11.6 Å². The minimum Gasteiger partial charge on any atom is -0.494 e. The normalized spacial score (nSPS) is 15.5. The van der Waals surface area contributed by atoms with Gasteiger partial charge in [0, 0.05) is 49.7 Å². The molecule has 0 radical (unpaired) electrons. The molecule has 5 rings (SSSR count). The summed E-state index contributed by atoms with van der Waals surface area (Å²) in [6.07, 6.45) is 4.68. The van der Waals surface area contributed by atoms with Gasteiger partial charge in [-0.05, 0) is 26.0 Å². The van der Waals surface area contributed by atoms with E-state index in [1.165, 1.54) is 29.1 Å². The van der Waals surface area contributed by atoms with Crippen LogP contribution in [0.1, 0.15) is 34.6 Å². The van der Waals surface area contributed by atoms with Crippen LogP contribution < -0.4 is 9.47 Å². The standard InChI is InChI=1S/C27H28N6O5/c1-4-38-21-10-11-33(30-21)25-23-22(20(37-3)15-29-25)19(14-28-23)24(34)27(36)31-12-13-32(17(2)16-31)26(35)18-8-6-5-7-9-18/h5-11,14-15,17,28H,4,12-13,16H2,1-3H3. The van der Waals surface area contributed by atoms with Gasteiger partial charge in [-0.3, -0.25) is 14.4 Å². The zero-order valence-corrected chi connectivity index (χ0v) is 21.4. The number of ketones is 1. The lowest BCUT2D eigenvalue weighted by Gasteiger charge is -2.39. The number of benzene rings is 1. The maximum Gasteiger partial charge on any atom is 0.295 e. The van der Waals surface area contributed by atoms with E-state index in [-0.39, 0.29) is 30.6 Å². The van der Waals surface area contributed by atoms with Crippen molar-refractivity contribution in [3.8, 4) is 17.4 Å². The Bertz CT molecular complexity index is 1490. The lowest BCUT2D eigenvalue weighted by molar-refractivity contribution is -0.128. The number of carbonyl (C=O) groups excluding carboxylic acids is 3. The van der Waals surface area contributed by atoms with Crippen LogP contribution in [-0.4, -0.2) is 86.5 Å². The second-order valence-electron chi connectivity index (χ2n) is 8.93. The Labute approximate surface area is 219 Å². The molecule has 3 aromatic heterocycles. The molecule has 38 heavy (non-hydrogen) atoms. The molecule has 1 aliphatic heterocycles. The predicted molar refractivity (Wildman–Crippen MR) is 139 cm³/mol. The number of hydrogen-bond donors (Lipinski definition) is 1. The van der Waals surface area contributed by atoms with Crippen LogP contribution in [0, 0.1) is 0 Å². The van der Waals surface area contributed by atoms with Gasteiger partial charge in [-0.2, -0.15) is 0 Å². The van der Waals surface area contributed by atoms with Crippen molar-refractivity contribution in [3.63, 3.8) is 0 Å². The lowest BCUT2D eigenvalue weighted by atomic mass is 10.1. The first-order chi connectivity index (χ1) is 18.4. The summed E-state index contributed by atoms with van der Waals surface area (Å²) < 4.78 is 12.4. The molecule has 1 N–H and O–H groups in total. The lowest BCUT2D eigenvalue weighted by Crippen LogP contribution is -2.56. The van der Waals surface area contributed by atoms with E-state index in [1.807, 2.05) is 32.0 Å². The summed E-state index contributed by atoms with van der Waals surface area (Å²) in [7, 11) is 1.48. The molecule has 1 aliphatic rings. The molecular formula is C27H28N6O5. The molecule has 1 aromatic carbocycles. The molecule has 1 unspecified atom stereocenters. The molecule has 11 heteroatoms. The molecule has 11 nitrogen and oxygen atoms in total. The second kappa shape index (κ2) is 10.4. The second-order valence-corrected chi connectivity index (χ2v) is 8.93. The largest absolute Gasteiger partial charge is 0.494 e. The summed E-state index contributed by atoms with van der Waals surface area (Å²) in [4.78, 5) is 50.4. The Morgan fingerprint density at radius 3 is 2.63 bits per heavy atom. The van der Waals surface area contributed by atoms with E-state index in [9.17, 15) is 14.4 Å². The zero-order chi connectivity index (χ0) is 26.8. The number of piperazine rings is 1. The third-order valence-electron chi connectivity index (χ3n) is 6.58. The van der Waals surface area contributed by atoms with Crippen molar-refractivity contribution in [3.05, 3.63) is 66.1 Å². The smallest absolute Gasteiger partial charge is 0.295 e. The van der Waals surface area contributed by atoms with E-state index in [4.69, 9.17) is 9.47 Å². The number of rotatable bonds is 7. The Kier molecular flexibility index (Phi) is 6.82. The molecule has 1 saturated heterocycles. The van der Waals surface area contributed by atoms with Gasteiger partial charge in [0.2, 0.25) is 5.88 Å². The van der Waals surface area contributed by atoms with Crippen molar-refractivity contribution in [2.45, 2.75) is 19.9 Å². The molecule has 4 heterocycles. The molecule has 0 aliphatic carbocycles. The first-order valence-electron chi connectivity index (χ1n) is 12.4. The Morgan fingerprint density at radius 1 is 1.13 bits per heavy atom. The molecule has 0 saturated carbocycles. The predicted octanol–water partition coefficient (Wildman–Crippen LogP) is 2.71. The van der Waals surface area contributed by atoms with Gasteiger partial charge < -0.3 is 24.3 Å². The summed E-state index contributed by atoms with van der Waals surface area (Å²) in [6.45, 7) is 5.05. The number of amides is 2. The third-order valence-corrected chi connectivity index (χ3v) is 6.58. The molecule has 1 atom stereocenters. The monoisotopic (exact) mass is 516 g/mol. The topological polar surface area (TPSA) is 123 Å². The number of aromatic amines is 1. The molecule has 2 amide bonds. The van der Waals surface area contributed by atoms with Crippen LogP contribution in [0.4, 0.5) is 0 Å². The van der Waals surface area contributed by atoms with Crippen molar-refractivity contribution >= 4 is 28.5 Å². The summed E-state index contributed by atoms with van der Waals surface area (Å²) in [5, 5.41) is 4.81. The average Bonchev–Trinajstić information content (AvgIpc) is 3.60. The van der Waals surface area contributed by atoms with Gasteiger partial charge in [0.15, 0.2) is 5.82 Å². The summed E-state index contributed by atoms with van der Waals surface area (Å²) in [6, 6.07) is 10.5. The molecule has 0 bridgehead atoms. The van der Waals surface area contributed by atoms with Gasteiger partial charge >= 0.3 is 0 Å². The fourth-order valence-electron chi connectivity index (χ4n) is 4.71. The van der Waals surface area contributed by atoms with Crippen molar-refractivity contribution in [1.29, 1.82) is 0 Å². The van der Waals surface area contributed by atoms with E-state index in [1.54, 1.807) is 29.3 Å². The molecule has 196 valence electrons. The average molecular weight is 517 g/mol.